The molecule has 2 fully saturated rings. The lowest BCUT2D eigenvalue weighted by Crippen LogP contribution is -2.52. The van der Waals surface area contributed by atoms with Crippen LogP contribution in [-0.4, -0.2) is 35.2 Å². The number of hydrogen-bond acceptors (Lipinski definition) is 5. The van der Waals surface area contributed by atoms with Crippen LogP contribution in [0.5, 0.6) is 0 Å². The maximum Gasteiger partial charge on any atom is 0.143 e. The predicted octanol–water partition coefficient (Wildman–Crippen LogP) is 3.90. The zero-order chi connectivity index (χ0) is 18.1. The van der Waals surface area contributed by atoms with Gasteiger partial charge in [-0.15, -0.1) is 0 Å². The number of nitrogens with zero attached hydrogens (tertiary/aromatic N) is 2. The van der Waals surface area contributed by atoms with Crippen LogP contribution in [0.2, 0.25) is 10.0 Å². The van der Waals surface area contributed by atoms with Crippen molar-refractivity contribution in [2.24, 2.45) is 0 Å². The van der Waals surface area contributed by atoms with Gasteiger partial charge in [-0.2, -0.15) is 0 Å². The first-order valence-electron chi connectivity index (χ1n) is 9.21. The summed E-state index contributed by atoms with van der Waals surface area (Å²) in [5.74, 6) is 1.25. The third kappa shape index (κ3) is 3.78. The summed E-state index contributed by atoms with van der Waals surface area (Å²) in [4.78, 5) is 2.56. The van der Waals surface area contributed by atoms with Gasteiger partial charge in [0.1, 0.15) is 5.76 Å². The second-order valence-corrected chi connectivity index (χ2v) is 8.12. The predicted molar refractivity (Wildman–Crippen MR) is 103 cm³/mol. The van der Waals surface area contributed by atoms with Crippen LogP contribution in [-0.2, 0) is 6.54 Å². The van der Waals surface area contributed by atoms with Gasteiger partial charge in [-0.25, -0.2) is 0 Å². The van der Waals surface area contributed by atoms with Gasteiger partial charge in [-0.1, -0.05) is 40.8 Å². The molecule has 2 saturated heterocycles. The minimum Gasteiger partial charge on any atom is -0.361 e. The fourth-order valence-electron chi connectivity index (χ4n) is 4.21. The first-order valence-corrected chi connectivity index (χ1v) is 9.97. The third-order valence-electron chi connectivity index (χ3n) is 5.48. The molecular weight excluding hydrogens is 371 g/mol. The van der Waals surface area contributed by atoms with Crippen molar-refractivity contribution in [3.63, 3.8) is 0 Å². The number of hydrazine groups is 1. The number of halogens is 2. The van der Waals surface area contributed by atoms with Gasteiger partial charge in [0, 0.05) is 31.2 Å². The molecule has 1 aromatic carbocycles. The van der Waals surface area contributed by atoms with Gasteiger partial charge in [-0.05, 0) is 44.0 Å². The molecule has 4 rings (SSSR count). The molecule has 140 valence electrons. The Kier molecular flexibility index (Phi) is 5.53. The number of aromatic nitrogens is 1. The van der Waals surface area contributed by atoms with E-state index in [1.165, 1.54) is 24.8 Å². The normalized spacial score (nSPS) is 27.1. The molecule has 2 aliphatic rings. The number of hydrogen-bond donors (Lipinski definition) is 2. The van der Waals surface area contributed by atoms with Gasteiger partial charge in [0.15, 0.2) is 0 Å². The second kappa shape index (κ2) is 7.87. The second-order valence-electron chi connectivity index (χ2n) is 7.31. The Bertz CT molecular complexity index is 766. The van der Waals surface area contributed by atoms with Crippen LogP contribution in [0.1, 0.15) is 42.2 Å². The van der Waals surface area contributed by atoms with Crippen molar-refractivity contribution >= 4 is 23.2 Å². The van der Waals surface area contributed by atoms with Gasteiger partial charge < -0.3 is 4.52 Å². The van der Waals surface area contributed by atoms with Crippen LogP contribution >= 0.6 is 23.2 Å². The Morgan fingerprint density at radius 3 is 2.88 bits per heavy atom. The van der Waals surface area contributed by atoms with E-state index in [0.717, 1.165) is 31.1 Å². The topological polar surface area (TPSA) is 53.3 Å². The molecule has 3 atom stereocenters. The van der Waals surface area contributed by atoms with Gasteiger partial charge in [0.2, 0.25) is 0 Å². The Morgan fingerprint density at radius 2 is 2.12 bits per heavy atom. The molecule has 2 N–H and O–H groups in total. The van der Waals surface area contributed by atoms with E-state index in [4.69, 9.17) is 27.7 Å². The lowest BCUT2D eigenvalue weighted by molar-refractivity contribution is 0.103. The van der Waals surface area contributed by atoms with Crippen LogP contribution in [0, 0.1) is 6.92 Å². The van der Waals surface area contributed by atoms with Crippen LogP contribution in [0.15, 0.2) is 28.8 Å². The summed E-state index contributed by atoms with van der Waals surface area (Å²) in [6.45, 7) is 4.79. The van der Waals surface area contributed by atoms with Crippen molar-refractivity contribution < 1.29 is 4.52 Å². The zero-order valence-corrected chi connectivity index (χ0v) is 16.4. The van der Waals surface area contributed by atoms with Crippen molar-refractivity contribution in [3.8, 4) is 0 Å². The summed E-state index contributed by atoms with van der Waals surface area (Å²) >= 11 is 12.3. The van der Waals surface area contributed by atoms with Crippen molar-refractivity contribution in [2.75, 3.05) is 13.1 Å². The Labute approximate surface area is 164 Å². The molecule has 7 heteroatoms. The van der Waals surface area contributed by atoms with Crippen molar-refractivity contribution in [1.82, 2.24) is 20.9 Å². The van der Waals surface area contributed by atoms with Crippen molar-refractivity contribution in [1.29, 1.82) is 0 Å². The first kappa shape index (κ1) is 18.3. The number of nitrogens with one attached hydrogen (secondary N) is 2. The Balaban J connectivity index is 1.53. The number of aryl methyl sites for hydroxylation is 1. The molecule has 0 amide bonds. The lowest BCUT2D eigenvalue weighted by Gasteiger charge is -2.40. The average Bonchev–Trinajstić information content (AvgIpc) is 3.27. The highest BCUT2D eigenvalue weighted by Crippen LogP contribution is 2.32. The van der Waals surface area contributed by atoms with E-state index in [1.807, 2.05) is 19.1 Å². The number of piperidine rings is 1. The van der Waals surface area contributed by atoms with Crippen LogP contribution in [0.4, 0.5) is 0 Å². The standard InChI is InChI=1S/C19H24Cl2N4O/c1-12-8-18(26-24-12)14-10-22-23-19(14)17-4-2-3-7-25(17)11-13-5-6-15(20)16(21)9-13/h5-6,8-9,14,17,19,22-23H,2-4,7,10-11H2,1H3. The van der Waals surface area contributed by atoms with Crippen LogP contribution in [0.25, 0.3) is 0 Å². The highest BCUT2D eigenvalue weighted by molar-refractivity contribution is 6.42. The number of rotatable bonds is 4. The molecule has 0 saturated carbocycles. The fraction of sp³-hybridized carbons (Fsp3) is 0.526. The van der Waals surface area contributed by atoms with Gasteiger partial charge in [0.25, 0.3) is 0 Å². The third-order valence-corrected chi connectivity index (χ3v) is 6.22. The minimum atomic E-state index is 0.288. The molecule has 2 aliphatic heterocycles. The largest absolute Gasteiger partial charge is 0.361 e. The summed E-state index contributed by atoms with van der Waals surface area (Å²) in [5.41, 5.74) is 8.95. The van der Waals surface area contributed by atoms with E-state index in [2.05, 4.69) is 33.0 Å². The molecule has 0 spiro atoms. The maximum atomic E-state index is 6.21. The summed E-state index contributed by atoms with van der Waals surface area (Å²) in [6, 6.07) is 8.71. The summed E-state index contributed by atoms with van der Waals surface area (Å²) in [7, 11) is 0. The SMILES string of the molecule is Cc1cc(C2CNNC2C2CCCCN2Cc2ccc(Cl)c(Cl)c2)on1. The van der Waals surface area contributed by atoms with Gasteiger partial charge >= 0.3 is 0 Å². The van der Waals surface area contributed by atoms with E-state index in [1.54, 1.807) is 0 Å². The highest BCUT2D eigenvalue weighted by atomic mass is 35.5. The molecule has 26 heavy (non-hydrogen) atoms. The molecule has 3 heterocycles. The molecule has 1 aromatic heterocycles. The Hall–Kier alpha value is -1.11. The van der Waals surface area contributed by atoms with Gasteiger partial charge in [-0.3, -0.25) is 15.8 Å². The first-order chi connectivity index (χ1) is 12.6. The fourth-order valence-corrected chi connectivity index (χ4v) is 4.53. The van der Waals surface area contributed by atoms with E-state index in [0.29, 0.717) is 22.1 Å². The summed E-state index contributed by atoms with van der Waals surface area (Å²) in [6.07, 6.45) is 3.65. The average molecular weight is 395 g/mol. The van der Waals surface area contributed by atoms with Gasteiger partial charge in [0.05, 0.1) is 21.7 Å². The quantitative estimate of drug-likeness (QED) is 0.823. The van der Waals surface area contributed by atoms with Crippen LogP contribution in [0.3, 0.4) is 0 Å². The Morgan fingerprint density at radius 1 is 1.23 bits per heavy atom. The maximum absolute atomic E-state index is 6.21. The lowest BCUT2D eigenvalue weighted by atomic mass is 9.86. The number of benzene rings is 1. The van der Waals surface area contributed by atoms with E-state index in [9.17, 15) is 0 Å². The molecule has 0 aliphatic carbocycles. The van der Waals surface area contributed by atoms with Crippen LogP contribution < -0.4 is 10.9 Å². The van der Waals surface area contributed by atoms with Crippen molar-refractivity contribution in [3.05, 3.63) is 51.3 Å². The summed E-state index contributed by atoms with van der Waals surface area (Å²) < 4.78 is 5.57. The smallest absolute Gasteiger partial charge is 0.143 e. The molecule has 0 radical (unpaired) electrons. The van der Waals surface area contributed by atoms with Crippen molar-refractivity contribution in [2.45, 2.75) is 50.7 Å². The number of likely N-dealkylation sites (tertiary alicyclic amines) is 1. The zero-order valence-electron chi connectivity index (χ0n) is 14.8. The highest BCUT2D eigenvalue weighted by Gasteiger charge is 2.40. The molecule has 3 unspecified atom stereocenters. The van der Waals surface area contributed by atoms with E-state index >= 15 is 0 Å². The molecule has 2 aromatic rings. The summed E-state index contributed by atoms with van der Waals surface area (Å²) in [5, 5.41) is 5.30. The molecule has 0 bridgehead atoms. The molecule has 5 nitrogen and oxygen atoms in total. The minimum absolute atomic E-state index is 0.288. The van der Waals surface area contributed by atoms with E-state index < -0.39 is 0 Å². The monoisotopic (exact) mass is 394 g/mol. The van der Waals surface area contributed by atoms with E-state index in [-0.39, 0.29) is 5.92 Å². The molecular formula is C19H24Cl2N4O.